The first kappa shape index (κ1) is 23.8. The lowest BCUT2D eigenvalue weighted by atomic mass is 9.57. The van der Waals surface area contributed by atoms with Gasteiger partial charge in [0.25, 0.3) is 0 Å². The van der Waals surface area contributed by atoms with E-state index in [0.29, 0.717) is 17.3 Å². The van der Waals surface area contributed by atoms with Gasteiger partial charge in [0.2, 0.25) is 0 Å². The fourth-order valence-corrected chi connectivity index (χ4v) is 6.13. The zero-order valence-electron chi connectivity index (χ0n) is 20.2. The van der Waals surface area contributed by atoms with E-state index in [1.165, 1.54) is 32.9 Å². The highest BCUT2D eigenvalue weighted by molar-refractivity contribution is 5.66. The number of piperidine rings is 1. The third-order valence-electron chi connectivity index (χ3n) is 8.25. The summed E-state index contributed by atoms with van der Waals surface area (Å²) in [6.07, 6.45) is 9.66. The van der Waals surface area contributed by atoms with E-state index in [0.717, 1.165) is 30.9 Å². The van der Waals surface area contributed by atoms with E-state index in [1.807, 2.05) is 6.92 Å². The molecule has 4 heteroatoms. The summed E-state index contributed by atoms with van der Waals surface area (Å²) in [4.78, 5) is 14.1. The van der Waals surface area contributed by atoms with Crippen molar-refractivity contribution in [1.82, 2.24) is 4.90 Å². The number of carbonyl (C=O) groups is 1. The molecule has 0 aromatic carbocycles. The number of esters is 1. The number of fused-ring (bicyclic) bond motifs is 1. The van der Waals surface area contributed by atoms with Gasteiger partial charge in [0.1, 0.15) is 6.10 Å². The van der Waals surface area contributed by atoms with Gasteiger partial charge in [-0.2, -0.15) is 0 Å². The highest BCUT2D eigenvalue weighted by Crippen LogP contribution is 2.51. The van der Waals surface area contributed by atoms with Crippen molar-refractivity contribution in [2.75, 3.05) is 19.6 Å². The number of carbonyl (C=O) groups excluding carboxylic acids is 1. The van der Waals surface area contributed by atoms with E-state index in [1.54, 1.807) is 0 Å². The summed E-state index contributed by atoms with van der Waals surface area (Å²) in [6, 6.07) is 0. The molecule has 1 saturated carbocycles. The Morgan fingerprint density at radius 3 is 2.50 bits per heavy atom. The number of likely N-dealkylation sites (tertiary alicyclic amines) is 1. The van der Waals surface area contributed by atoms with Gasteiger partial charge in [-0.3, -0.25) is 4.79 Å². The maximum atomic E-state index is 11.6. The molecule has 2 aliphatic carbocycles. The number of hydrogen-bond acceptors (Lipinski definition) is 4. The summed E-state index contributed by atoms with van der Waals surface area (Å²) in [7, 11) is 0. The summed E-state index contributed by atoms with van der Waals surface area (Å²) in [6.45, 7) is 18.5. The molecule has 0 aromatic rings. The van der Waals surface area contributed by atoms with Crippen LogP contribution in [0, 0.1) is 41.4 Å². The second kappa shape index (κ2) is 8.94. The fourth-order valence-electron chi connectivity index (χ4n) is 6.13. The molecule has 1 heterocycles. The SMILES string of the molecule is CC(=O)O[C@@H]1[C][C@@]2(O)[C@H](C)CC[C@@H]([C@H](C)CN3CCC(C(C)(C)C)CC3)[C@H]2C=C1C. The van der Waals surface area contributed by atoms with Crippen molar-refractivity contribution < 1.29 is 14.6 Å². The standard InChI is InChI=1S/C26H43NO3/c1-17-14-23-22(9-8-19(3)26(23,29)15-24(17)30-20(4)28)18(2)16-27-12-10-21(11-13-27)25(5,6)7/h14,18-19,21-24,29H,8-13,16H2,1-7H3/t18-,19-,22+,23-,24-,26-/m1/s1. The van der Waals surface area contributed by atoms with E-state index >= 15 is 0 Å². The zero-order valence-corrected chi connectivity index (χ0v) is 20.2. The van der Waals surface area contributed by atoms with E-state index in [-0.39, 0.29) is 17.8 Å². The van der Waals surface area contributed by atoms with Crippen molar-refractivity contribution >= 4 is 5.97 Å². The van der Waals surface area contributed by atoms with Crippen molar-refractivity contribution in [3.8, 4) is 0 Å². The molecule has 0 aromatic heterocycles. The van der Waals surface area contributed by atoms with Crippen LogP contribution in [-0.2, 0) is 9.53 Å². The van der Waals surface area contributed by atoms with Crippen LogP contribution >= 0.6 is 0 Å². The lowest BCUT2D eigenvalue weighted by Crippen LogP contribution is -2.56. The Labute approximate surface area is 184 Å². The second-order valence-electron chi connectivity index (χ2n) is 11.5. The van der Waals surface area contributed by atoms with Crippen LogP contribution in [0.1, 0.15) is 74.1 Å². The predicted molar refractivity (Wildman–Crippen MR) is 121 cm³/mol. The predicted octanol–water partition coefficient (Wildman–Crippen LogP) is 4.75. The first-order valence-corrected chi connectivity index (χ1v) is 12.0. The van der Waals surface area contributed by atoms with E-state index in [2.05, 4.69) is 52.0 Å². The van der Waals surface area contributed by atoms with Crippen molar-refractivity contribution in [3.05, 3.63) is 18.1 Å². The molecule has 1 aliphatic heterocycles. The van der Waals surface area contributed by atoms with Crippen LogP contribution in [-0.4, -0.2) is 47.3 Å². The summed E-state index contributed by atoms with van der Waals surface area (Å²) in [5.41, 5.74) is 0.385. The first-order valence-electron chi connectivity index (χ1n) is 12.0. The van der Waals surface area contributed by atoms with Crippen LogP contribution < -0.4 is 0 Å². The third kappa shape index (κ3) is 4.96. The van der Waals surface area contributed by atoms with Gasteiger partial charge >= 0.3 is 5.97 Å². The van der Waals surface area contributed by atoms with E-state index in [4.69, 9.17) is 4.74 Å². The van der Waals surface area contributed by atoms with Crippen molar-refractivity contribution in [3.63, 3.8) is 0 Å². The molecule has 1 saturated heterocycles. The molecule has 0 bridgehead atoms. The number of rotatable bonds is 4. The molecule has 30 heavy (non-hydrogen) atoms. The number of ether oxygens (including phenoxy) is 1. The van der Waals surface area contributed by atoms with Gasteiger partial charge in [0.05, 0.1) is 12.0 Å². The minimum absolute atomic E-state index is 0.0511. The topological polar surface area (TPSA) is 49.8 Å². The van der Waals surface area contributed by atoms with Crippen LogP contribution in [0.3, 0.4) is 0 Å². The van der Waals surface area contributed by atoms with Crippen LogP contribution in [0.2, 0.25) is 0 Å². The molecule has 2 fully saturated rings. The van der Waals surface area contributed by atoms with Gasteiger partial charge in [-0.15, -0.1) is 0 Å². The number of hydrogen-bond donors (Lipinski definition) is 1. The van der Waals surface area contributed by atoms with Crippen molar-refractivity contribution in [2.24, 2.45) is 35.0 Å². The highest BCUT2D eigenvalue weighted by atomic mass is 16.5. The summed E-state index contributed by atoms with van der Waals surface area (Å²) < 4.78 is 5.43. The van der Waals surface area contributed by atoms with Gasteiger partial charge in [0, 0.05) is 19.4 Å². The normalized spacial score (nSPS) is 37.3. The molecule has 0 spiro atoms. The van der Waals surface area contributed by atoms with E-state index in [9.17, 15) is 9.90 Å². The van der Waals surface area contributed by atoms with Gasteiger partial charge in [0.15, 0.2) is 0 Å². The average molecular weight is 418 g/mol. The molecule has 170 valence electrons. The minimum Gasteiger partial charge on any atom is -0.457 e. The maximum Gasteiger partial charge on any atom is 0.303 e. The van der Waals surface area contributed by atoms with Crippen molar-refractivity contribution in [1.29, 1.82) is 0 Å². The second-order valence-corrected chi connectivity index (χ2v) is 11.5. The van der Waals surface area contributed by atoms with Gasteiger partial charge in [-0.05, 0) is 80.4 Å². The summed E-state index contributed by atoms with van der Waals surface area (Å²) >= 11 is 0. The molecular weight excluding hydrogens is 374 g/mol. The fraction of sp³-hybridized carbons (Fsp3) is 0.846. The van der Waals surface area contributed by atoms with Crippen molar-refractivity contribution in [2.45, 2.75) is 85.9 Å². The minimum atomic E-state index is -1.02. The highest BCUT2D eigenvalue weighted by Gasteiger charge is 2.53. The zero-order chi connectivity index (χ0) is 22.3. The molecule has 2 radical (unpaired) electrons. The molecule has 0 unspecified atom stereocenters. The molecular formula is C26H43NO3. The van der Waals surface area contributed by atoms with Crippen LogP contribution in [0.4, 0.5) is 0 Å². The van der Waals surface area contributed by atoms with Gasteiger partial charge < -0.3 is 14.7 Å². The monoisotopic (exact) mass is 417 g/mol. The van der Waals surface area contributed by atoms with Crippen LogP contribution in [0.15, 0.2) is 11.6 Å². The Hall–Kier alpha value is -0.870. The lowest BCUT2D eigenvalue weighted by Gasteiger charge is -2.53. The van der Waals surface area contributed by atoms with Crippen LogP contribution in [0.5, 0.6) is 0 Å². The first-order chi connectivity index (χ1) is 13.9. The molecule has 6 atom stereocenters. The largest absolute Gasteiger partial charge is 0.457 e. The molecule has 0 amide bonds. The smallest absolute Gasteiger partial charge is 0.303 e. The Bertz CT molecular complexity index is 643. The van der Waals surface area contributed by atoms with Gasteiger partial charge in [-0.1, -0.05) is 40.7 Å². The van der Waals surface area contributed by atoms with E-state index < -0.39 is 11.7 Å². The number of aliphatic hydroxyl groups is 1. The number of nitrogens with zero attached hydrogens (tertiary/aromatic N) is 1. The molecule has 3 rings (SSSR count). The van der Waals surface area contributed by atoms with Gasteiger partial charge in [-0.25, -0.2) is 0 Å². The molecule has 3 aliphatic rings. The maximum absolute atomic E-state index is 11.6. The molecule has 4 nitrogen and oxygen atoms in total. The van der Waals surface area contributed by atoms with Crippen LogP contribution in [0.25, 0.3) is 0 Å². The third-order valence-corrected chi connectivity index (χ3v) is 8.25. The molecule has 1 N–H and O–H groups in total. The summed E-state index contributed by atoms with van der Waals surface area (Å²) in [5, 5.41) is 11.6. The quantitative estimate of drug-likeness (QED) is 0.530. The Morgan fingerprint density at radius 1 is 1.30 bits per heavy atom. The average Bonchev–Trinajstić information content (AvgIpc) is 2.64. The Morgan fingerprint density at radius 2 is 1.93 bits per heavy atom. The Kier molecular flexibility index (Phi) is 7.09. The lowest BCUT2D eigenvalue weighted by molar-refractivity contribution is -0.148. The Balaban J connectivity index is 1.69. The summed E-state index contributed by atoms with van der Waals surface area (Å²) in [5.74, 6) is 1.60.